The summed E-state index contributed by atoms with van der Waals surface area (Å²) in [4.78, 5) is 20.9. The monoisotopic (exact) mass is 254 g/mol. The highest BCUT2D eigenvalue weighted by atomic mass is 32.1. The van der Waals surface area contributed by atoms with Gasteiger partial charge in [0.2, 0.25) is 0 Å². The quantitative estimate of drug-likeness (QED) is 0.859. The molecule has 84 valence electrons. The Morgan fingerprint density at radius 2 is 2.19 bits per heavy atom. The lowest BCUT2D eigenvalue weighted by molar-refractivity contribution is 0.102. The molecule has 0 fully saturated rings. The Morgan fingerprint density at radius 3 is 2.69 bits per heavy atom. The van der Waals surface area contributed by atoms with Gasteiger partial charge in [0, 0.05) is 10.3 Å². The Morgan fingerprint density at radius 1 is 1.44 bits per heavy atom. The summed E-state index contributed by atoms with van der Waals surface area (Å²) in [6, 6.07) is 0. The van der Waals surface area contributed by atoms with Crippen LogP contribution in [0.5, 0.6) is 0 Å². The molecule has 2 aromatic rings. The van der Waals surface area contributed by atoms with E-state index >= 15 is 0 Å². The lowest BCUT2D eigenvalue weighted by Crippen LogP contribution is -2.12. The fourth-order valence-corrected chi connectivity index (χ4v) is 2.43. The van der Waals surface area contributed by atoms with Gasteiger partial charge >= 0.3 is 0 Å². The summed E-state index contributed by atoms with van der Waals surface area (Å²) in [7, 11) is 0. The van der Waals surface area contributed by atoms with Crippen LogP contribution >= 0.6 is 22.7 Å². The molecular formula is C9H10N4OS2. The number of nitrogens with two attached hydrogens (primary N) is 1. The van der Waals surface area contributed by atoms with Gasteiger partial charge in [-0.05, 0) is 13.8 Å². The number of aromatic nitrogens is 2. The van der Waals surface area contributed by atoms with E-state index in [9.17, 15) is 4.79 Å². The summed E-state index contributed by atoms with van der Waals surface area (Å²) in [6.07, 6.45) is 0. The summed E-state index contributed by atoms with van der Waals surface area (Å²) in [6.45, 7) is 3.87. The van der Waals surface area contributed by atoms with Crippen molar-refractivity contribution in [3.63, 3.8) is 0 Å². The summed E-state index contributed by atoms with van der Waals surface area (Å²) in [5.41, 5.74) is 6.71. The highest BCUT2D eigenvalue weighted by molar-refractivity contribution is 7.16. The lowest BCUT2D eigenvalue weighted by atomic mass is 10.4. The van der Waals surface area contributed by atoms with Crippen molar-refractivity contribution in [2.45, 2.75) is 13.8 Å². The van der Waals surface area contributed by atoms with E-state index in [0.717, 1.165) is 10.6 Å². The fraction of sp³-hybridized carbons (Fsp3) is 0.222. The number of carbonyl (C=O) groups is 1. The molecule has 0 spiro atoms. The number of nitrogens with zero attached hydrogens (tertiary/aromatic N) is 2. The van der Waals surface area contributed by atoms with Crippen LogP contribution in [-0.2, 0) is 0 Å². The van der Waals surface area contributed by atoms with Crippen LogP contribution in [-0.4, -0.2) is 15.9 Å². The Bertz CT molecular complexity index is 512. The lowest BCUT2D eigenvalue weighted by Gasteiger charge is -1.96. The van der Waals surface area contributed by atoms with Gasteiger partial charge in [0.15, 0.2) is 10.3 Å². The predicted octanol–water partition coefficient (Wildman–Crippen LogP) is 2.05. The zero-order valence-corrected chi connectivity index (χ0v) is 10.4. The number of carbonyl (C=O) groups excluding carboxylic acids is 1. The van der Waals surface area contributed by atoms with Crippen molar-refractivity contribution < 1.29 is 4.79 Å². The standard InChI is InChI=1S/C9H10N4OS2/c1-4-5(2)16-9(11-4)13-7(14)6-3-15-8(10)12-6/h3H,1-2H3,(H2,10,12)(H,11,13,14). The van der Waals surface area contributed by atoms with Gasteiger partial charge in [0.25, 0.3) is 5.91 Å². The van der Waals surface area contributed by atoms with Gasteiger partial charge in [-0.2, -0.15) is 0 Å². The average Bonchev–Trinajstić information content (AvgIpc) is 2.75. The second kappa shape index (κ2) is 4.18. The Balaban J connectivity index is 2.13. The molecule has 0 aliphatic heterocycles. The first kappa shape index (κ1) is 11.0. The zero-order chi connectivity index (χ0) is 11.7. The van der Waals surface area contributed by atoms with Gasteiger partial charge in [0.1, 0.15) is 5.69 Å². The molecule has 0 saturated heterocycles. The third-order valence-electron chi connectivity index (χ3n) is 2.00. The van der Waals surface area contributed by atoms with E-state index in [1.807, 2.05) is 13.8 Å². The van der Waals surface area contributed by atoms with Gasteiger partial charge in [-0.1, -0.05) is 0 Å². The topological polar surface area (TPSA) is 80.9 Å². The van der Waals surface area contributed by atoms with Crippen LogP contribution in [0.15, 0.2) is 5.38 Å². The number of thiazole rings is 2. The van der Waals surface area contributed by atoms with Crippen LogP contribution in [0, 0.1) is 13.8 Å². The average molecular weight is 254 g/mol. The van der Waals surface area contributed by atoms with Crippen molar-refractivity contribution in [1.82, 2.24) is 9.97 Å². The number of nitrogens with one attached hydrogen (secondary N) is 1. The van der Waals surface area contributed by atoms with Crippen LogP contribution in [0.2, 0.25) is 0 Å². The van der Waals surface area contributed by atoms with E-state index in [-0.39, 0.29) is 5.91 Å². The van der Waals surface area contributed by atoms with Crippen molar-refractivity contribution >= 4 is 38.8 Å². The predicted molar refractivity (Wildman–Crippen MR) is 66.1 cm³/mol. The fourth-order valence-electron chi connectivity index (χ4n) is 1.08. The molecule has 5 nitrogen and oxygen atoms in total. The normalized spacial score (nSPS) is 10.4. The molecule has 0 atom stereocenters. The number of nitrogen functional groups attached to an aromatic ring is 1. The molecule has 0 aliphatic rings. The van der Waals surface area contributed by atoms with Gasteiger partial charge in [-0.25, -0.2) is 9.97 Å². The minimum absolute atomic E-state index is 0.276. The van der Waals surface area contributed by atoms with Crippen molar-refractivity contribution in [3.05, 3.63) is 21.6 Å². The third kappa shape index (κ3) is 2.20. The van der Waals surface area contributed by atoms with E-state index in [4.69, 9.17) is 5.73 Å². The molecular weight excluding hydrogens is 244 g/mol. The molecule has 0 bridgehead atoms. The maximum absolute atomic E-state index is 11.7. The molecule has 0 saturated carbocycles. The summed E-state index contributed by atoms with van der Waals surface area (Å²) < 4.78 is 0. The minimum atomic E-state index is -0.276. The SMILES string of the molecule is Cc1nc(NC(=O)c2csc(N)n2)sc1C. The number of rotatable bonds is 2. The van der Waals surface area contributed by atoms with Crippen molar-refractivity contribution in [2.24, 2.45) is 0 Å². The van der Waals surface area contributed by atoms with Crippen molar-refractivity contribution in [3.8, 4) is 0 Å². The molecule has 3 N–H and O–H groups in total. The second-order valence-corrected chi connectivity index (χ2v) is 5.28. The molecule has 2 rings (SSSR count). The van der Waals surface area contributed by atoms with Crippen LogP contribution in [0.4, 0.5) is 10.3 Å². The number of anilines is 2. The van der Waals surface area contributed by atoms with E-state index in [1.165, 1.54) is 22.7 Å². The van der Waals surface area contributed by atoms with E-state index < -0.39 is 0 Å². The van der Waals surface area contributed by atoms with Crippen molar-refractivity contribution in [2.75, 3.05) is 11.1 Å². The number of hydrogen-bond donors (Lipinski definition) is 2. The Kier molecular flexibility index (Phi) is 2.88. The first-order chi connectivity index (χ1) is 7.56. The highest BCUT2D eigenvalue weighted by Gasteiger charge is 2.12. The van der Waals surface area contributed by atoms with E-state index in [0.29, 0.717) is 16.0 Å². The third-order valence-corrected chi connectivity index (χ3v) is 3.67. The molecule has 0 radical (unpaired) electrons. The van der Waals surface area contributed by atoms with Crippen LogP contribution in [0.1, 0.15) is 21.1 Å². The van der Waals surface area contributed by atoms with Gasteiger partial charge < -0.3 is 5.73 Å². The van der Waals surface area contributed by atoms with Gasteiger partial charge in [-0.15, -0.1) is 22.7 Å². The largest absolute Gasteiger partial charge is 0.375 e. The number of amides is 1. The number of aryl methyl sites for hydroxylation is 2. The molecule has 7 heteroatoms. The Hall–Kier alpha value is -1.47. The first-order valence-electron chi connectivity index (χ1n) is 4.52. The van der Waals surface area contributed by atoms with Crippen LogP contribution in [0.25, 0.3) is 0 Å². The molecule has 0 aromatic carbocycles. The zero-order valence-electron chi connectivity index (χ0n) is 8.77. The number of hydrogen-bond acceptors (Lipinski definition) is 6. The molecule has 1 amide bonds. The minimum Gasteiger partial charge on any atom is -0.375 e. The van der Waals surface area contributed by atoms with Crippen LogP contribution < -0.4 is 11.1 Å². The smallest absolute Gasteiger partial charge is 0.276 e. The molecule has 0 unspecified atom stereocenters. The molecule has 2 heterocycles. The van der Waals surface area contributed by atoms with Gasteiger partial charge in [0.05, 0.1) is 5.69 Å². The molecule has 2 aromatic heterocycles. The molecule has 0 aliphatic carbocycles. The highest BCUT2D eigenvalue weighted by Crippen LogP contribution is 2.22. The summed E-state index contributed by atoms with van der Waals surface area (Å²) in [5, 5.41) is 5.29. The maximum Gasteiger partial charge on any atom is 0.276 e. The van der Waals surface area contributed by atoms with Crippen LogP contribution in [0.3, 0.4) is 0 Å². The van der Waals surface area contributed by atoms with Crippen molar-refractivity contribution in [1.29, 1.82) is 0 Å². The maximum atomic E-state index is 11.7. The second-order valence-electron chi connectivity index (χ2n) is 3.19. The molecule has 16 heavy (non-hydrogen) atoms. The van der Waals surface area contributed by atoms with Gasteiger partial charge in [-0.3, -0.25) is 10.1 Å². The first-order valence-corrected chi connectivity index (χ1v) is 6.22. The van der Waals surface area contributed by atoms with E-state index in [2.05, 4.69) is 15.3 Å². The van der Waals surface area contributed by atoms with E-state index in [1.54, 1.807) is 5.38 Å². The summed E-state index contributed by atoms with van der Waals surface area (Å²) in [5.74, 6) is -0.276. The summed E-state index contributed by atoms with van der Waals surface area (Å²) >= 11 is 2.69. The Labute approximate surface area is 100 Å².